The van der Waals surface area contributed by atoms with Gasteiger partial charge in [0.05, 0.1) is 6.04 Å². The number of hydrogen-bond acceptors (Lipinski definition) is 2. The van der Waals surface area contributed by atoms with Crippen LogP contribution in [0.5, 0.6) is 0 Å². The molecule has 0 aromatic heterocycles. The Bertz CT molecular complexity index is 558. The van der Waals surface area contributed by atoms with E-state index in [9.17, 15) is 14.7 Å². The van der Waals surface area contributed by atoms with Crippen molar-refractivity contribution >= 4 is 12.0 Å². The standard InChI is InChI=1S/C16H20N2O3/c19-15(20)14-9-4-10-18(14)16(21)17-13-8-3-6-11-5-1-2-7-12(11)13/h1-2,5,7,13-14H,3-4,6,8-10H2,(H,17,21)(H,19,20)/t13?,14-/m0/s1. The SMILES string of the molecule is O=C(O)[C@@H]1CCCN1C(=O)NC1CCCc2ccccc21. The zero-order chi connectivity index (χ0) is 14.8. The van der Waals surface area contributed by atoms with Gasteiger partial charge in [-0.2, -0.15) is 0 Å². The molecule has 3 rings (SSSR count). The Kier molecular flexibility index (Phi) is 3.82. The number of likely N-dealkylation sites (tertiary alicyclic amines) is 1. The number of benzene rings is 1. The second-order valence-corrected chi connectivity index (χ2v) is 5.78. The van der Waals surface area contributed by atoms with Gasteiger partial charge in [0.25, 0.3) is 0 Å². The van der Waals surface area contributed by atoms with Gasteiger partial charge in [0.2, 0.25) is 0 Å². The van der Waals surface area contributed by atoms with E-state index in [-0.39, 0.29) is 12.1 Å². The number of aliphatic carboxylic acids is 1. The zero-order valence-electron chi connectivity index (χ0n) is 11.9. The molecule has 1 aliphatic carbocycles. The van der Waals surface area contributed by atoms with Crippen LogP contribution >= 0.6 is 0 Å². The predicted octanol–water partition coefficient (Wildman–Crippen LogP) is 2.32. The molecule has 2 N–H and O–H groups in total. The van der Waals surface area contributed by atoms with Gasteiger partial charge < -0.3 is 15.3 Å². The van der Waals surface area contributed by atoms with Gasteiger partial charge in [-0.15, -0.1) is 0 Å². The Morgan fingerprint density at radius 1 is 1.19 bits per heavy atom. The monoisotopic (exact) mass is 288 g/mol. The first kappa shape index (κ1) is 13.9. The number of hydrogen-bond donors (Lipinski definition) is 2. The molecule has 5 heteroatoms. The molecule has 1 aromatic carbocycles. The predicted molar refractivity (Wildman–Crippen MR) is 78.0 cm³/mol. The van der Waals surface area contributed by atoms with Gasteiger partial charge in [0.15, 0.2) is 0 Å². The van der Waals surface area contributed by atoms with E-state index in [1.54, 1.807) is 0 Å². The molecular weight excluding hydrogens is 268 g/mol. The van der Waals surface area contributed by atoms with Gasteiger partial charge in [-0.25, -0.2) is 9.59 Å². The highest BCUT2D eigenvalue weighted by molar-refractivity contribution is 5.83. The molecule has 0 radical (unpaired) electrons. The van der Waals surface area contributed by atoms with Gasteiger partial charge >= 0.3 is 12.0 Å². The fourth-order valence-corrected chi connectivity index (χ4v) is 3.40. The van der Waals surface area contributed by atoms with Crippen molar-refractivity contribution in [1.29, 1.82) is 0 Å². The third-order valence-corrected chi connectivity index (χ3v) is 4.47. The summed E-state index contributed by atoms with van der Waals surface area (Å²) in [4.78, 5) is 25.0. The summed E-state index contributed by atoms with van der Waals surface area (Å²) < 4.78 is 0. The van der Waals surface area contributed by atoms with E-state index in [2.05, 4.69) is 17.4 Å². The minimum Gasteiger partial charge on any atom is -0.480 e. The summed E-state index contributed by atoms with van der Waals surface area (Å²) in [6.07, 6.45) is 4.30. The quantitative estimate of drug-likeness (QED) is 0.877. The molecular formula is C16H20N2O3. The Balaban J connectivity index is 1.73. The topological polar surface area (TPSA) is 69.6 Å². The number of urea groups is 1. The molecule has 1 fully saturated rings. The molecule has 0 bridgehead atoms. The van der Waals surface area contributed by atoms with Crippen molar-refractivity contribution in [3.05, 3.63) is 35.4 Å². The summed E-state index contributed by atoms with van der Waals surface area (Å²) in [5, 5.41) is 12.2. The molecule has 0 spiro atoms. The Morgan fingerprint density at radius 2 is 2.00 bits per heavy atom. The van der Waals surface area contributed by atoms with Gasteiger partial charge in [0.1, 0.15) is 6.04 Å². The van der Waals surface area contributed by atoms with Crippen LogP contribution in [0.1, 0.15) is 42.9 Å². The molecule has 2 amide bonds. The maximum absolute atomic E-state index is 12.4. The van der Waals surface area contributed by atoms with E-state index in [0.29, 0.717) is 13.0 Å². The summed E-state index contributed by atoms with van der Waals surface area (Å²) in [7, 11) is 0. The number of carboxylic acid groups (broad SMARTS) is 1. The van der Waals surface area contributed by atoms with Gasteiger partial charge in [0, 0.05) is 6.54 Å². The van der Waals surface area contributed by atoms with Crippen LogP contribution < -0.4 is 5.32 Å². The highest BCUT2D eigenvalue weighted by Gasteiger charge is 2.35. The first-order valence-corrected chi connectivity index (χ1v) is 7.54. The number of carbonyl (C=O) groups excluding carboxylic acids is 1. The first-order chi connectivity index (χ1) is 10.2. The van der Waals surface area contributed by atoms with E-state index in [0.717, 1.165) is 25.7 Å². The van der Waals surface area contributed by atoms with Crippen LogP contribution in [0.2, 0.25) is 0 Å². The Hall–Kier alpha value is -2.04. The number of nitrogens with zero attached hydrogens (tertiary/aromatic N) is 1. The Labute approximate surface area is 123 Å². The van der Waals surface area contributed by atoms with Crippen LogP contribution in [0, 0.1) is 0 Å². The molecule has 1 aromatic rings. The maximum atomic E-state index is 12.4. The number of aryl methyl sites for hydroxylation is 1. The minimum atomic E-state index is -0.910. The van der Waals surface area contributed by atoms with Crippen LogP contribution in [0.15, 0.2) is 24.3 Å². The normalized spacial score (nSPS) is 24.5. The van der Waals surface area contributed by atoms with E-state index < -0.39 is 12.0 Å². The van der Waals surface area contributed by atoms with Crippen molar-refractivity contribution < 1.29 is 14.7 Å². The second-order valence-electron chi connectivity index (χ2n) is 5.78. The summed E-state index contributed by atoms with van der Waals surface area (Å²) in [5.74, 6) is -0.910. The number of amides is 2. The molecule has 21 heavy (non-hydrogen) atoms. The van der Waals surface area contributed by atoms with E-state index in [1.165, 1.54) is 16.0 Å². The number of carboxylic acids is 1. The average molecular weight is 288 g/mol. The smallest absolute Gasteiger partial charge is 0.326 e. The van der Waals surface area contributed by atoms with Crippen molar-refractivity contribution in [3.8, 4) is 0 Å². The molecule has 1 saturated heterocycles. The number of nitrogens with one attached hydrogen (secondary N) is 1. The third kappa shape index (κ3) is 2.73. The lowest BCUT2D eigenvalue weighted by Crippen LogP contribution is -2.47. The number of fused-ring (bicyclic) bond motifs is 1. The minimum absolute atomic E-state index is 0.00232. The van der Waals surface area contributed by atoms with Crippen LogP contribution in [0.25, 0.3) is 0 Å². The molecule has 112 valence electrons. The largest absolute Gasteiger partial charge is 0.480 e. The lowest BCUT2D eigenvalue weighted by Gasteiger charge is -2.29. The van der Waals surface area contributed by atoms with E-state index in [4.69, 9.17) is 0 Å². The molecule has 1 aliphatic heterocycles. The van der Waals surface area contributed by atoms with Gasteiger partial charge in [-0.3, -0.25) is 0 Å². The van der Waals surface area contributed by atoms with E-state index >= 15 is 0 Å². The highest BCUT2D eigenvalue weighted by Crippen LogP contribution is 2.30. The van der Waals surface area contributed by atoms with Crippen LogP contribution in [-0.4, -0.2) is 34.6 Å². The fraction of sp³-hybridized carbons (Fsp3) is 0.500. The molecule has 0 saturated carbocycles. The number of carbonyl (C=O) groups is 2. The third-order valence-electron chi connectivity index (χ3n) is 4.47. The number of rotatable bonds is 2. The van der Waals surface area contributed by atoms with Crippen molar-refractivity contribution in [1.82, 2.24) is 10.2 Å². The van der Waals surface area contributed by atoms with Crippen molar-refractivity contribution in [3.63, 3.8) is 0 Å². The molecule has 1 unspecified atom stereocenters. The average Bonchev–Trinajstić information content (AvgIpc) is 2.97. The van der Waals surface area contributed by atoms with Gasteiger partial charge in [-0.05, 0) is 43.2 Å². The fourth-order valence-electron chi connectivity index (χ4n) is 3.40. The first-order valence-electron chi connectivity index (χ1n) is 7.54. The lowest BCUT2D eigenvalue weighted by atomic mass is 9.88. The van der Waals surface area contributed by atoms with Crippen molar-refractivity contribution in [2.75, 3.05) is 6.54 Å². The van der Waals surface area contributed by atoms with Gasteiger partial charge in [-0.1, -0.05) is 24.3 Å². The lowest BCUT2D eigenvalue weighted by molar-refractivity contribution is -0.141. The summed E-state index contributed by atoms with van der Waals surface area (Å²) in [6.45, 7) is 0.525. The van der Waals surface area contributed by atoms with Crippen LogP contribution in [0.3, 0.4) is 0 Å². The zero-order valence-corrected chi connectivity index (χ0v) is 11.9. The summed E-state index contributed by atoms with van der Waals surface area (Å²) in [5.41, 5.74) is 2.45. The van der Waals surface area contributed by atoms with E-state index in [1.807, 2.05) is 12.1 Å². The Morgan fingerprint density at radius 3 is 2.81 bits per heavy atom. The molecule has 5 nitrogen and oxygen atoms in total. The maximum Gasteiger partial charge on any atom is 0.326 e. The van der Waals surface area contributed by atoms with Crippen molar-refractivity contribution in [2.24, 2.45) is 0 Å². The highest BCUT2D eigenvalue weighted by atomic mass is 16.4. The molecule has 1 heterocycles. The molecule has 2 atom stereocenters. The summed E-state index contributed by atoms with van der Waals surface area (Å²) >= 11 is 0. The van der Waals surface area contributed by atoms with Crippen LogP contribution in [0.4, 0.5) is 4.79 Å². The second kappa shape index (κ2) is 5.76. The molecule has 2 aliphatic rings. The van der Waals surface area contributed by atoms with Crippen molar-refractivity contribution in [2.45, 2.75) is 44.2 Å². The summed E-state index contributed by atoms with van der Waals surface area (Å²) in [6, 6.07) is 7.23. The van der Waals surface area contributed by atoms with Crippen LogP contribution in [-0.2, 0) is 11.2 Å².